The molecular weight excluding hydrogens is 312 g/mol. The topological polar surface area (TPSA) is 35.5 Å². The molecule has 1 aliphatic heterocycles. The van der Waals surface area contributed by atoms with Gasteiger partial charge in [-0.1, -0.05) is 25.4 Å². The van der Waals surface area contributed by atoms with E-state index in [-0.39, 0.29) is 5.78 Å². The van der Waals surface area contributed by atoms with Gasteiger partial charge in [0, 0.05) is 17.5 Å². The van der Waals surface area contributed by atoms with Crippen LogP contribution in [0, 0.1) is 5.92 Å². The zero-order valence-corrected chi connectivity index (χ0v) is 15.5. The van der Waals surface area contributed by atoms with Crippen molar-refractivity contribution in [3.8, 4) is 11.5 Å². The highest BCUT2D eigenvalue weighted by molar-refractivity contribution is 6.34. The molecule has 0 saturated carbocycles. The Bertz CT molecular complexity index is 657. The van der Waals surface area contributed by atoms with Gasteiger partial charge in [0.05, 0.1) is 6.61 Å². The summed E-state index contributed by atoms with van der Waals surface area (Å²) in [5.41, 5.74) is 2.54. The molecule has 1 heterocycles. The maximum atomic E-state index is 11.6. The second-order valence-corrected chi connectivity index (χ2v) is 7.21. The van der Waals surface area contributed by atoms with Gasteiger partial charge in [-0.05, 0) is 51.3 Å². The molecule has 2 rings (SSSR count). The SMILES string of the molecule is CCOc1c(CC(C)=O)cc2c(c1Cl)OC(C)(C)C=C2C(C)C. The number of fused-ring (bicyclic) bond motifs is 1. The van der Waals surface area contributed by atoms with Crippen LogP contribution in [-0.2, 0) is 11.2 Å². The molecule has 0 bridgehead atoms. The van der Waals surface area contributed by atoms with Gasteiger partial charge in [-0.15, -0.1) is 0 Å². The summed E-state index contributed by atoms with van der Waals surface area (Å²) in [4.78, 5) is 11.6. The normalized spacial score (nSPS) is 15.7. The van der Waals surface area contributed by atoms with E-state index in [2.05, 4.69) is 19.9 Å². The minimum Gasteiger partial charge on any atom is -0.492 e. The molecular formula is C19H25ClO3. The fourth-order valence-corrected chi connectivity index (χ4v) is 3.22. The molecule has 0 N–H and O–H groups in total. The number of rotatable bonds is 5. The number of benzene rings is 1. The average molecular weight is 337 g/mol. The summed E-state index contributed by atoms with van der Waals surface area (Å²) < 4.78 is 11.8. The van der Waals surface area contributed by atoms with Crippen molar-refractivity contribution in [2.24, 2.45) is 5.92 Å². The van der Waals surface area contributed by atoms with Gasteiger partial charge < -0.3 is 9.47 Å². The predicted octanol–water partition coefficient (Wildman–Crippen LogP) is 5.08. The number of ether oxygens (including phenoxy) is 2. The Morgan fingerprint density at radius 3 is 2.57 bits per heavy atom. The third-order valence-electron chi connectivity index (χ3n) is 3.78. The molecule has 23 heavy (non-hydrogen) atoms. The van der Waals surface area contributed by atoms with Crippen LogP contribution in [0.4, 0.5) is 0 Å². The number of carbonyl (C=O) groups is 1. The summed E-state index contributed by atoms with van der Waals surface area (Å²) in [6, 6.07) is 1.99. The monoisotopic (exact) mass is 336 g/mol. The van der Waals surface area contributed by atoms with Crippen LogP contribution >= 0.6 is 11.6 Å². The number of allylic oxidation sites excluding steroid dienone is 1. The smallest absolute Gasteiger partial charge is 0.150 e. The van der Waals surface area contributed by atoms with E-state index < -0.39 is 5.60 Å². The number of halogens is 1. The zero-order valence-electron chi connectivity index (χ0n) is 14.7. The first-order chi connectivity index (χ1) is 10.7. The molecule has 1 aromatic rings. The van der Waals surface area contributed by atoms with E-state index in [1.54, 1.807) is 6.92 Å². The van der Waals surface area contributed by atoms with Gasteiger partial charge in [-0.2, -0.15) is 0 Å². The van der Waals surface area contributed by atoms with E-state index in [1.165, 1.54) is 5.57 Å². The van der Waals surface area contributed by atoms with Crippen molar-refractivity contribution in [1.29, 1.82) is 0 Å². The molecule has 0 amide bonds. The third-order valence-corrected chi connectivity index (χ3v) is 4.13. The van der Waals surface area contributed by atoms with Gasteiger partial charge in [0.2, 0.25) is 0 Å². The largest absolute Gasteiger partial charge is 0.492 e. The molecule has 4 heteroatoms. The van der Waals surface area contributed by atoms with Crippen LogP contribution in [0.2, 0.25) is 5.02 Å². The van der Waals surface area contributed by atoms with E-state index in [1.807, 2.05) is 26.8 Å². The highest BCUT2D eigenvalue weighted by atomic mass is 35.5. The van der Waals surface area contributed by atoms with Crippen LogP contribution in [-0.4, -0.2) is 18.0 Å². The number of hydrogen-bond donors (Lipinski definition) is 0. The molecule has 1 aliphatic rings. The summed E-state index contributed by atoms with van der Waals surface area (Å²) in [6.45, 7) is 12.3. The van der Waals surface area contributed by atoms with E-state index in [9.17, 15) is 4.79 Å². The molecule has 0 aliphatic carbocycles. The highest BCUT2D eigenvalue weighted by Gasteiger charge is 2.32. The highest BCUT2D eigenvalue weighted by Crippen LogP contribution is 2.48. The third kappa shape index (κ3) is 3.72. The zero-order chi connectivity index (χ0) is 17.4. The second kappa shape index (κ2) is 6.56. The Balaban J connectivity index is 2.70. The van der Waals surface area contributed by atoms with Gasteiger partial charge in [0.1, 0.15) is 22.2 Å². The lowest BCUT2D eigenvalue weighted by molar-refractivity contribution is -0.116. The fraction of sp³-hybridized carbons (Fsp3) is 0.526. The molecule has 0 atom stereocenters. The Labute approximate surface area is 143 Å². The number of carbonyl (C=O) groups excluding carboxylic acids is 1. The molecule has 0 fully saturated rings. The first-order valence-electron chi connectivity index (χ1n) is 8.06. The van der Waals surface area contributed by atoms with E-state index in [4.69, 9.17) is 21.1 Å². The first kappa shape index (κ1) is 17.9. The minimum absolute atomic E-state index is 0.0779. The van der Waals surface area contributed by atoms with Crippen LogP contribution in [0.15, 0.2) is 12.1 Å². The van der Waals surface area contributed by atoms with Crippen molar-refractivity contribution in [3.63, 3.8) is 0 Å². The first-order valence-corrected chi connectivity index (χ1v) is 8.43. The van der Waals surface area contributed by atoms with Crippen molar-refractivity contribution >= 4 is 23.0 Å². The van der Waals surface area contributed by atoms with Crippen molar-refractivity contribution in [3.05, 3.63) is 28.3 Å². The Morgan fingerprint density at radius 2 is 2.04 bits per heavy atom. The Morgan fingerprint density at radius 1 is 1.39 bits per heavy atom. The van der Waals surface area contributed by atoms with Gasteiger partial charge in [0.15, 0.2) is 5.75 Å². The molecule has 0 radical (unpaired) electrons. The molecule has 0 unspecified atom stereocenters. The second-order valence-electron chi connectivity index (χ2n) is 6.83. The Hall–Kier alpha value is -1.48. The van der Waals surface area contributed by atoms with E-state index >= 15 is 0 Å². The standard InChI is InChI=1S/C19H25ClO3/c1-7-22-17-13(8-12(4)21)9-14-15(11(2)3)10-19(5,6)23-18(14)16(17)20/h9-11H,7-8H2,1-6H3. The number of ketones is 1. The van der Waals surface area contributed by atoms with Crippen LogP contribution in [0.25, 0.3) is 5.57 Å². The van der Waals surface area contributed by atoms with E-state index in [0.29, 0.717) is 35.5 Å². The summed E-state index contributed by atoms with van der Waals surface area (Å²) in [5.74, 6) is 1.62. The van der Waals surface area contributed by atoms with Gasteiger partial charge in [-0.3, -0.25) is 4.79 Å². The van der Waals surface area contributed by atoms with E-state index in [0.717, 1.165) is 11.1 Å². The quantitative estimate of drug-likeness (QED) is 0.752. The van der Waals surface area contributed by atoms with Gasteiger partial charge in [-0.25, -0.2) is 0 Å². The lowest BCUT2D eigenvalue weighted by Gasteiger charge is -2.34. The molecule has 0 saturated heterocycles. The van der Waals surface area contributed by atoms with Crippen molar-refractivity contribution in [1.82, 2.24) is 0 Å². The Kier molecular flexibility index (Phi) is 5.10. The maximum Gasteiger partial charge on any atom is 0.150 e. The lowest BCUT2D eigenvalue weighted by Crippen LogP contribution is -2.30. The average Bonchev–Trinajstić information content (AvgIpc) is 2.42. The molecule has 126 valence electrons. The predicted molar refractivity (Wildman–Crippen MR) is 94.5 cm³/mol. The fourth-order valence-electron chi connectivity index (χ4n) is 2.90. The van der Waals surface area contributed by atoms with Crippen LogP contribution < -0.4 is 9.47 Å². The maximum absolute atomic E-state index is 11.6. The molecule has 0 aromatic heterocycles. The molecule has 1 aromatic carbocycles. The summed E-state index contributed by atoms with van der Waals surface area (Å²) in [7, 11) is 0. The van der Waals surface area contributed by atoms with Crippen LogP contribution in [0.5, 0.6) is 11.5 Å². The summed E-state index contributed by atoms with van der Waals surface area (Å²) >= 11 is 6.60. The number of Topliss-reactive ketones (excluding diaryl/α,β-unsaturated/α-hetero) is 1. The van der Waals surface area contributed by atoms with Crippen molar-refractivity contribution in [2.75, 3.05) is 6.61 Å². The summed E-state index contributed by atoms with van der Waals surface area (Å²) in [5, 5.41) is 0.458. The van der Waals surface area contributed by atoms with Crippen molar-refractivity contribution in [2.45, 2.75) is 53.6 Å². The molecule has 0 spiro atoms. The number of hydrogen-bond acceptors (Lipinski definition) is 3. The minimum atomic E-state index is -0.429. The van der Waals surface area contributed by atoms with Crippen LogP contribution in [0.1, 0.15) is 52.7 Å². The lowest BCUT2D eigenvalue weighted by atomic mass is 9.86. The van der Waals surface area contributed by atoms with Crippen molar-refractivity contribution < 1.29 is 14.3 Å². The van der Waals surface area contributed by atoms with Crippen LogP contribution in [0.3, 0.4) is 0 Å². The molecule has 3 nitrogen and oxygen atoms in total. The van der Waals surface area contributed by atoms with Gasteiger partial charge >= 0.3 is 0 Å². The van der Waals surface area contributed by atoms with Gasteiger partial charge in [0.25, 0.3) is 0 Å². The summed E-state index contributed by atoms with van der Waals surface area (Å²) in [6.07, 6.45) is 2.44.